The Kier molecular flexibility index (Phi) is 1.66. The van der Waals surface area contributed by atoms with Gasteiger partial charge in [-0.05, 0) is 0 Å². The summed E-state index contributed by atoms with van der Waals surface area (Å²) >= 11 is 0. The smallest absolute Gasteiger partial charge is 0.175 e. The Morgan fingerprint density at radius 1 is 1.75 bits per heavy atom. The van der Waals surface area contributed by atoms with Crippen LogP contribution >= 0.6 is 0 Å². The minimum Gasteiger partial charge on any atom is -0.362 e. The third kappa shape index (κ3) is 1.11. The van der Waals surface area contributed by atoms with Gasteiger partial charge in [-0.1, -0.05) is 6.08 Å². The van der Waals surface area contributed by atoms with Crippen molar-refractivity contribution in [2.75, 3.05) is 13.2 Å². The Bertz CT molecular complexity index is 287. The summed E-state index contributed by atoms with van der Waals surface area (Å²) in [6.45, 7) is 5.08. The van der Waals surface area contributed by atoms with Crippen molar-refractivity contribution in [1.29, 1.82) is 0 Å². The molecule has 0 amide bonds. The molecule has 0 aromatic rings. The molecule has 0 radical (unpaired) electrons. The van der Waals surface area contributed by atoms with Gasteiger partial charge in [0.25, 0.3) is 0 Å². The molecule has 4 nitrogen and oxygen atoms in total. The van der Waals surface area contributed by atoms with E-state index in [9.17, 15) is 0 Å². The molecule has 0 saturated carbocycles. The molecule has 12 heavy (non-hydrogen) atoms. The first kappa shape index (κ1) is 7.09. The molecule has 2 heterocycles. The van der Waals surface area contributed by atoms with E-state index in [1.807, 2.05) is 17.2 Å². The molecule has 62 valence electrons. The van der Waals surface area contributed by atoms with Gasteiger partial charge in [0.2, 0.25) is 0 Å². The van der Waals surface area contributed by atoms with Gasteiger partial charge in [-0.2, -0.15) is 0 Å². The average molecular weight is 162 g/mol. The lowest BCUT2D eigenvalue weighted by Gasteiger charge is -2.16. The quantitative estimate of drug-likeness (QED) is 0.594. The zero-order valence-electron chi connectivity index (χ0n) is 6.70. The molecule has 0 atom stereocenters. The van der Waals surface area contributed by atoms with Crippen molar-refractivity contribution in [3.63, 3.8) is 0 Å². The maximum atomic E-state index is 4.16. The summed E-state index contributed by atoms with van der Waals surface area (Å²) in [7, 11) is 0. The van der Waals surface area contributed by atoms with Crippen LogP contribution in [-0.2, 0) is 0 Å². The average Bonchev–Trinajstić information content (AvgIpc) is 2.51. The van der Waals surface area contributed by atoms with Crippen molar-refractivity contribution < 1.29 is 0 Å². The van der Waals surface area contributed by atoms with Crippen molar-refractivity contribution in [3.05, 3.63) is 24.6 Å². The molecule has 2 aliphatic rings. The first-order valence-electron chi connectivity index (χ1n) is 3.81. The van der Waals surface area contributed by atoms with Crippen LogP contribution in [-0.4, -0.2) is 30.3 Å². The fourth-order valence-electron chi connectivity index (χ4n) is 1.15. The van der Waals surface area contributed by atoms with E-state index < -0.39 is 0 Å². The van der Waals surface area contributed by atoms with E-state index in [2.05, 4.69) is 21.9 Å². The lowest BCUT2D eigenvalue weighted by Crippen LogP contribution is -2.24. The number of nitrogens with zero attached hydrogens (tertiary/aromatic N) is 3. The van der Waals surface area contributed by atoms with Crippen LogP contribution in [0, 0.1) is 0 Å². The fraction of sp³-hybridized carbons (Fsp3) is 0.250. The Balaban J connectivity index is 2.16. The molecule has 0 aromatic carbocycles. The molecule has 0 aliphatic carbocycles. The molecule has 0 spiro atoms. The summed E-state index contributed by atoms with van der Waals surface area (Å²) in [5, 5.41) is 3.11. The first-order chi connectivity index (χ1) is 5.90. The molecular formula is C8H10N4. The van der Waals surface area contributed by atoms with Crippen LogP contribution in [0.2, 0.25) is 0 Å². The van der Waals surface area contributed by atoms with Gasteiger partial charge >= 0.3 is 0 Å². The van der Waals surface area contributed by atoms with Crippen LogP contribution in [0.4, 0.5) is 0 Å². The molecule has 0 unspecified atom stereocenters. The van der Waals surface area contributed by atoms with Crippen molar-refractivity contribution in [1.82, 2.24) is 10.2 Å². The van der Waals surface area contributed by atoms with Gasteiger partial charge in [0.1, 0.15) is 6.67 Å². The Morgan fingerprint density at radius 2 is 2.67 bits per heavy atom. The molecule has 0 bridgehead atoms. The molecule has 0 saturated heterocycles. The Labute approximate surface area is 71.0 Å². The third-order valence-electron chi connectivity index (χ3n) is 1.70. The van der Waals surface area contributed by atoms with Gasteiger partial charge in [-0.25, -0.2) is 9.98 Å². The molecule has 0 fully saturated rings. The fourth-order valence-corrected chi connectivity index (χ4v) is 1.15. The summed E-state index contributed by atoms with van der Waals surface area (Å²) in [6.07, 6.45) is 5.58. The van der Waals surface area contributed by atoms with Gasteiger partial charge in [-0.3, -0.25) is 0 Å². The van der Waals surface area contributed by atoms with Gasteiger partial charge in [0.15, 0.2) is 5.84 Å². The number of amidine groups is 1. The van der Waals surface area contributed by atoms with Gasteiger partial charge in [-0.15, -0.1) is 6.58 Å². The van der Waals surface area contributed by atoms with E-state index in [4.69, 9.17) is 0 Å². The predicted octanol–water partition coefficient (Wildman–Crippen LogP) is 0.317. The van der Waals surface area contributed by atoms with E-state index in [1.54, 1.807) is 6.34 Å². The minimum absolute atomic E-state index is 0.639. The van der Waals surface area contributed by atoms with Crippen LogP contribution in [0.3, 0.4) is 0 Å². The summed E-state index contributed by atoms with van der Waals surface area (Å²) in [5.41, 5.74) is 0.999. The molecule has 2 rings (SSSR count). The minimum atomic E-state index is 0.639. The molecule has 0 aromatic heterocycles. The number of hydrogen-bond donors (Lipinski definition) is 1. The summed E-state index contributed by atoms with van der Waals surface area (Å²) in [6, 6.07) is 0. The maximum Gasteiger partial charge on any atom is 0.175 e. The largest absolute Gasteiger partial charge is 0.362 e. The predicted molar refractivity (Wildman–Crippen MR) is 48.9 cm³/mol. The second-order valence-electron chi connectivity index (χ2n) is 2.59. The van der Waals surface area contributed by atoms with E-state index in [0.717, 1.165) is 18.1 Å². The summed E-state index contributed by atoms with van der Waals surface area (Å²) < 4.78 is 0. The summed E-state index contributed by atoms with van der Waals surface area (Å²) in [5.74, 6) is 0.801. The zero-order valence-corrected chi connectivity index (χ0v) is 6.70. The van der Waals surface area contributed by atoms with Crippen LogP contribution in [0.1, 0.15) is 0 Å². The number of hydrogen-bond acceptors (Lipinski definition) is 4. The number of nitrogens with one attached hydrogen (secondary N) is 1. The van der Waals surface area contributed by atoms with Crippen molar-refractivity contribution in [2.45, 2.75) is 0 Å². The third-order valence-corrected chi connectivity index (χ3v) is 1.70. The van der Waals surface area contributed by atoms with Gasteiger partial charge < -0.3 is 10.2 Å². The van der Waals surface area contributed by atoms with Crippen molar-refractivity contribution in [3.8, 4) is 0 Å². The molecular weight excluding hydrogens is 152 g/mol. The Morgan fingerprint density at radius 3 is 3.50 bits per heavy atom. The lowest BCUT2D eigenvalue weighted by atomic mass is 10.4. The number of rotatable bonds is 2. The van der Waals surface area contributed by atoms with Crippen molar-refractivity contribution in [2.24, 2.45) is 9.98 Å². The molecule has 4 heteroatoms. The topological polar surface area (TPSA) is 40.0 Å². The van der Waals surface area contributed by atoms with Gasteiger partial charge in [0.05, 0.1) is 12.0 Å². The van der Waals surface area contributed by atoms with Crippen LogP contribution in [0.25, 0.3) is 0 Å². The first-order valence-corrected chi connectivity index (χ1v) is 3.81. The highest BCUT2D eigenvalue weighted by molar-refractivity contribution is 6.04. The summed E-state index contributed by atoms with van der Waals surface area (Å²) in [4.78, 5) is 10.3. The number of aliphatic imine (C=N–C) groups is 2. The highest BCUT2D eigenvalue weighted by atomic mass is 15.2. The SMILES string of the molecule is C=CCN1C=NC2=NCNC2=C1. The normalized spacial score (nSPS) is 19.5. The van der Waals surface area contributed by atoms with E-state index in [0.29, 0.717) is 6.67 Å². The highest BCUT2D eigenvalue weighted by Gasteiger charge is 2.15. The maximum absolute atomic E-state index is 4.16. The van der Waals surface area contributed by atoms with Gasteiger partial charge in [0, 0.05) is 12.7 Å². The molecule has 1 N–H and O–H groups in total. The number of fused-ring (bicyclic) bond motifs is 1. The standard InChI is InChI=1S/C8H10N4/c1-2-3-12-4-7-8(11-6-12)10-5-9-7/h2,4,6,9H,1,3,5H2. The molecule has 2 aliphatic heterocycles. The van der Waals surface area contributed by atoms with E-state index >= 15 is 0 Å². The van der Waals surface area contributed by atoms with Crippen molar-refractivity contribution >= 4 is 12.2 Å². The second kappa shape index (κ2) is 2.81. The van der Waals surface area contributed by atoms with E-state index in [1.165, 1.54) is 0 Å². The second-order valence-corrected chi connectivity index (χ2v) is 2.59. The lowest BCUT2D eigenvalue weighted by molar-refractivity contribution is 0.629. The highest BCUT2D eigenvalue weighted by Crippen LogP contribution is 2.08. The van der Waals surface area contributed by atoms with E-state index in [-0.39, 0.29) is 0 Å². The van der Waals surface area contributed by atoms with Crippen LogP contribution in [0.15, 0.2) is 34.5 Å². The van der Waals surface area contributed by atoms with Crippen LogP contribution < -0.4 is 5.32 Å². The monoisotopic (exact) mass is 162 g/mol. The Hall–Kier alpha value is -1.58. The zero-order chi connectivity index (χ0) is 8.39. The van der Waals surface area contributed by atoms with Crippen LogP contribution in [0.5, 0.6) is 0 Å².